The fourth-order valence-electron chi connectivity index (χ4n) is 3.43. The highest BCUT2D eigenvalue weighted by Crippen LogP contribution is 2.37. The van der Waals surface area contributed by atoms with Crippen LogP contribution in [-0.4, -0.2) is 16.8 Å². The summed E-state index contributed by atoms with van der Waals surface area (Å²) < 4.78 is 6.08. The molecule has 0 bridgehead atoms. The summed E-state index contributed by atoms with van der Waals surface area (Å²) in [6, 6.07) is 23.3. The van der Waals surface area contributed by atoms with Crippen molar-refractivity contribution in [1.82, 2.24) is 4.98 Å². The van der Waals surface area contributed by atoms with Crippen molar-refractivity contribution in [3.05, 3.63) is 96.2 Å². The van der Waals surface area contributed by atoms with Crippen molar-refractivity contribution in [3.8, 4) is 11.5 Å². The lowest BCUT2D eigenvalue weighted by atomic mass is 10.1. The van der Waals surface area contributed by atoms with Crippen LogP contribution < -0.4 is 9.64 Å². The number of aromatic nitrogens is 1. The van der Waals surface area contributed by atoms with Gasteiger partial charge in [0.05, 0.1) is 16.8 Å². The van der Waals surface area contributed by atoms with Gasteiger partial charge in [-0.3, -0.25) is 14.6 Å². The summed E-state index contributed by atoms with van der Waals surface area (Å²) in [7, 11) is 0. The van der Waals surface area contributed by atoms with E-state index in [1.807, 2.05) is 30.3 Å². The van der Waals surface area contributed by atoms with Gasteiger partial charge in [-0.15, -0.1) is 0 Å². The zero-order valence-corrected chi connectivity index (χ0v) is 14.7. The maximum Gasteiger partial charge on any atom is 0.269 e. The van der Waals surface area contributed by atoms with Gasteiger partial charge < -0.3 is 4.74 Å². The number of fused-ring (bicyclic) bond motifs is 2. The summed E-state index contributed by atoms with van der Waals surface area (Å²) in [4.78, 5) is 31.5. The van der Waals surface area contributed by atoms with Gasteiger partial charge in [-0.05, 0) is 36.4 Å². The molecule has 1 aromatic heterocycles. The molecule has 0 aliphatic carbocycles. The van der Waals surface area contributed by atoms with E-state index in [2.05, 4.69) is 4.98 Å². The van der Waals surface area contributed by atoms with Gasteiger partial charge in [-0.25, -0.2) is 4.90 Å². The molecule has 0 atom stereocenters. The summed E-state index contributed by atoms with van der Waals surface area (Å²) in [6.45, 7) is 0. The standard InChI is InChI=1S/C23H14N2O3/c26-22-17-11-5-12-18(20(17)23(27)25(22)16-9-2-1-3-10-16)28-19-13-4-7-15-8-6-14-24-21(15)19/h1-14H. The van der Waals surface area contributed by atoms with Crippen LogP contribution in [0.4, 0.5) is 5.69 Å². The lowest BCUT2D eigenvalue weighted by molar-refractivity contribution is 0.0925. The lowest BCUT2D eigenvalue weighted by Crippen LogP contribution is -2.29. The van der Waals surface area contributed by atoms with Crippen LogP contribution in [0.2, 0.25) is 0 Å². The monoisotopic (exact) mass is 366 g/mol. The summed E-state index contributed by atoms with van der Waals surface area (Å²) in [6.07, 6.45) is 1.69. The van der Waals surface area contributed by atoms with Crippen molar-refractivity contribution in [2.45, 2.75) is 0 Å². The third kappa shape index (κ3) is 2.45. The average molecular weight is 366 g/mol. The van der Waals surface area contributed by atoms with E-state index >= 15 is 0 Å². The van der Waals surface area contributed by atoms with E-state index in [9.17, 15) is 9.59 Å². The molecule has 0 saturated carbocycles. The molecule has 0 unspecified atom stereocenters. The third-order valence-electron chi connectivity index (χ3n) is 4.71. The fourth-order valence-corrected chi connectivity index (χ4v) is 3.43. The van der Waals surface area contributed by atoms with Crippen molar-refractivity contribution < 1.29 is 14.3 Å². The molecule has 0 saturated heterocycles. The lowest BCUT2D eigenvalue weighted by Gasteiger charge is -2.14. The van der Waals surface area contributed by atoms with Crippen molar-refractivity contribution in [2.75, 3.05) is 4.90 Å². The van der Waals surface area contributed by atoms with Gasteiger partial charge in [0.25, 0.3) is 11.8 Å². The maximum absolute atomic E-state index is 13.1. The Balaban J connectivity index is 1.60. The number of carbonyl (C=O) groups excluding carboxylic acids is 2. The summed E-state index contributed by atoms with van der Waals surface area (Å²) in [5.74, 6) is 0.125. The second-order valence-corrected chi connectivity index (χ2v) is 6.39. The Morgan fingerprint density at radius 2 is 1.46 bits per heavy atom. The van der Waals surface area contributed by atoms with E-state index in [1.165, 1.54) is 4.90 Å². The minimum atomic E-state index is -0.394. The first-order chi connectivity index (χ1) is 13.7. The van der Waals surface area contributed by atoms with Crippen molar-refractivity contribution in [2.24, 2.45) is 0 Å². The summed E-state index contributed by atoms with van der Waals surface area (Å²) >= 11 is 0. The number of nitrogens with zero attached hydrogens (tertiary/aromatic N) is 2. The Morgan fingerprint density at radius 1 is 0.714 bits per heavy atom. The predicted molar refractivity (Wildman–Crippen MR) is 106 cm³/mol. The van der Waals surface area contributed by atoms with Gasteiger partial charge in [-0.1, -0.05) is 42.5 Å². The molecule has 1 aliphatic heterocycles. The molecule has 2 amide bonds. The Hall–Kier alpha value is -3.99. The van der Waals surface area contributed by atoms with Crippen molar-refractivity contribution in [3.63, 3.8) is 0 Å². The second kappa shape index (κ2) is 6.32. The van der Waals surface area contributed by atoms with Gasteiger partial charge in [-0.2, -0.15) is 0 Å². The van der Waals surface area contributed by atoms with Gasteiger partial charge in [0.15, 0.2) is 5.75 Å². The number of carbonyl (C=O) groups is 2. The number of anilines is 1. The summed E-state index contributed by atoms with van der Waals surface area (Å²) in [5, 5.41) is 0.931. The molecule has 1 aliphatic rings. The normalized spacial score (nSPS) is 13.1. The number of rotatable bonds is 3. The number of imide groups is 1. The zero-order chi connectivity index (χ0) is 19.1. The Morgan fingerprint density at radius 3 is 2.32 bits per heavy atom. The SMILES string of the molecule is O=C1c2cccc(Oc3cccc4cccnc34)c2C(=O)N1c1ccccc1. The molecule has 2 heterocycles. The largest absolute Gasteiger partial charge is 0.454 e. The molecule has 134 valence electrons. The number of benzene rings is 3. The van der Waals surface area contributed by atoms with Crippen LogP contribution in [0.25, 0.3) is 10.9 Å². The van der Waals surface area contributed by atoms with Crippen LogP contribution >= 0.6 is 0 Å². The molecule has 5 rings (SSSR count). The Labute approximate surface area is 160 Å². The average Bonchev–Trinajstić information content (AvgIpc) is 3.00. The Bertz CT molecular complexity index is 1230. The minimum Gasteiger partial charge on any atom is -0.454 e. The maximum atomic E-state index is 13.1. The van der Waals surface area contributed by atoms with Gasteiger partial charge >= 0.3 is 0 Å². The molecule has 0 radical (unpaired) electrons. The van der Waals surface area contributed by atoms with Crippen LogP contribution in [0.1, 0.15) is 20.7 Å². The molecule has 3 aromatic carbocycles. The molecule has 28 heavy (non-hydrogen) atoms. The van der Waals surface area contributed by atoms with Crippen LogP contribution in [0.15, 0.2) is 85.1 Å². The van der Waals surface area contributed by atoms with Crippen molar-refractivity contribution in [1.29, 1.82) is 0 Å². The number of amides is 2. The molecule has 0 spiro atoms. The van der Waals surface area contributed by atoms with Crippen LogP contribution in [0.3, 0.4) is 0 Å². The molecule has 4 aromatic rings. The number of hydrogen-bond donors (Lipinski definition) is 0. The second-order valence-electron chi connectivity index (χ2n) is 6.39. The molecule has 0 fully saturated rings. The van der Waals surface area contributed by atoms with Gasteiger partial charge in [0.2, 0.25) is 0 Å². The van der Waals surface area contributed by atoms with E-state index in [1.54, 1.807) is 54.7 Å². The predicted octanol–water partition coefficient (Wildman–Crippen LogP) is 4.83. The highest BCUT2D eigenvalue weighted by Gasteiger charge is 2.39. The first-order valence-electron chi connectivity index (χ1n) is 8.82. The topological polar surface area (TPSA) is 59.5 Å². The van der Waals surface area contributed by atoms with E-state index in [4.69, 9.17) is 4.74 Å². The molecule has 0 N–H and O–H groups in total. The van der Waals surface area contributed by atoms with E-state index in [-0.39, 0.29) is 11.5 Å². The minimum absolute atomic E-state index is 0.268. The first-order valence-corrected chi connectivity index (χ1v) is 8.82. The fraction of sp³-hybridized carbons (Fsp3) is 0. The van der Waals surface area contributed by atoms with E-state index in [0.717, 1.165) is 5.39 Å². The molecule has 5 nitrogen and oxygen atoms in total. The van der Waals surface area contributed by atoms with E-state index in [0.29, 0.717) is 28.3 Å². The summed E-state index contributed by atoms with van der Waals surface area (Å²) in [5.41, 5.74) is 1.83. The quantitative estimate of drug-likeness (QED) is 0.487. The van der Waals surface area contributed by atoms with Crippen LogP contribution in [-0.2, 0) is 0 Å². The number of hydrogen-bond acceptors (Lipinski definition) is 4. The molecule has 5 heteroatoms. The number of para-hydroxylation sites is 2. The van der Waals surface area contributed by atoms with Crippen molar-refractivity contribution >= 4 is 28.4 Å². The van der Waals surface area contributed by atoms with Crippen LogP contribution in [0.5, 0.6) is 11.5 Å². The van der Waals surface area contributed by atoms with Gasteiger partial charge in [0, 0.05) is 11.6 Å². The highest BCUT2D eigenvalue weighted by molar-refractivity contribution is 6.35. The zero-order valence-electron chi connectivity index (χ0n) is 14.7. The van der Waals surface area contributed by atoms with E-state index < -0.39 is 5.91 Å². The van der Waals surface area contributed by atoms with Crippen LogP contribution in [0, 0.1) is 0 Å². The number of ether oxygens (including phenoxy) is 1. The number of pyridine rings is 1. The Kier molecular flexibility index (Phi) is 3.66. The first kappa shape index (κ1) is 16.2. The smallest absolute Gasteiger partial charge is 0.269 e. The third-order valence-corrected chi connectivity index (χ3v) is 4.71. The highest BCUT2D eigenvalue weighted by atomic mass is 16.5. The van der Waals surface area contributed by atoms with Gasteiger partial charge in [0.1, 0.15) is 11.3 Å². The molecular weight excluding hydrogens is 352 g/mol. The molecular formula is C23H14N2O3.